The van der Waals surface area contributed by atoms with Gasteiger partial charge in [-0.2, -0.15) is 0 Å². The SMILES string of the molecule is CCOC(=O)[C@]12CCCC[C@]13OC(=O)[C@@H]3CC2. The third-order valence-electron chi connectivity index (χ3n) is 4.87. The summed E-state index contributed by atoms with van der Waals surface area (Å²) in [7, 11) is 0. The minimum Gasteiger partial charge on any atom is -0.465 e. The van der Waals surface area contributed by atoms with Crippen LogP contribution in [0.2, 0.25) is 0 Å². The highest BCUT2D eigenvalue weighted by atomic mass is 16.6. The Bertz CT molecular complexity index is 378. The molecule has 0 aromatic rings. The van der Waals surface area contributed by atoms with Crippen LogP contribution in [0, 0.1) is 11.3 Å². The zero-order chi connectivity index (χ0) is 12.1. The van der Waals surface area contributed by atoms with Crippen molar-refractivity contribution in [1.82, 2.24) is 0 Å². The Morgan fingerprint density at radius 2 is 2.18 bits per heavy atom. The fourth-order valence-electron chi connectivity index (χ4n) is 4.10. The predicted molar refractivity (Wildman–Crippen MR) is 59.1 cm³/mol. The molecule has 3 aliphatic rings. The first-order chi connectivity index (χ1) is 8.16. The van der Waals surface area contributed by atoms with E-state index in [0.29, 0.717) is 6.61 Å². The van der Waals surface area contributed by atoms with Crippen molar-refractivity contribution in [2.45, 2.75) is 51.0 Å². The van der Waals surface area contributed by atoms with Crippen LogP contribution in [-0.2, 0) is 19.1 Å². The van der Waals surface area contributed by atoms with Crippen LogP contribution in [0.25, 0.3) is 0 Å². The van der Waals surface area contributed by atoms with E-state index >= 15 is 0 Å². The minimum absolute atomic E-state index is 0.0489. The van der Waals surface area contributed by atoms with Crippen molar-refractivity contribution in [3.8, 4) is 0 Å². The normalized spacial score (nSPS) is 43.1. The molecule has 0 radical (unpaired) electrons. The Hall–Kier alpha value is -1.06. The summed E-state index contributed by atoms with van der Waals surface area (Å²) >= 11 is 0. The van der Waals surface area contributed by atoms with Crippen molar-refractivity contribution in [3.05, 3.63) is 0 Å². The molecule has 94 valence electrons. The van der Waals surface area contributed by atoms with Gasteiger partial charge in [-0.25, -0.2) is 0 Å². The van der Waals surface area contributed by atoms with Crippen LogP contribution in [0.1, 0.15) is 45.4 Å². The fraction of sp³-hybridized carbons (Fsp3) is 0.846. The average Bonchev–Trinajstić information content (AvgIpc) is 2.58. The van der Waals surface area contributed by atoms with Crippen molar-refractivity contribution < 1.29 is 19.1 Å². The number of ether oxygens (including phenoxy) is 2. The molecule has 0 unspecified atom stereocenters. The topological polar surface area (TPSA) is 52.6 Å². The smallest absolute Gasteiger partial charge is 0.316 e. The number of hydrogen-bond donors (Lipinski definition) is 0. The van der Waals surface area contributed by atoms with Crippen LogP contribution in [0.5, 0.6) is 0 Å². The number of hydrogen-bond acceptors (Lipinski definition) is 4. The second-order valence-corrected chi connectivity index (χ2v) is 5.41. The highest BCUT2D eigenvalue weighted by Crippen LogP contribution is 2.65. The van der Waals surface area contributed by atoms with Gasteiger partial charge in [-0.1, -0.05) is 6.42 Å². The number of carbonyl (C=O) groups is 2. The maximum atomic E-state index is 12.3. The molecule has 3 rings (SSSR count). The van der Waals surface area contributed by atoms with Crippen LogP contribution in [-0.4, -0.2) is 24.1 Å². The van der Waals surface area contributed by atoms with Gasteiger partial charge in [0.2, 0.25) is 0 Å². The van der Waals surface area contributed by atoms with Crippen molar-refractivity contribution in [3.63, 3.8) is 0 Å². The standard InChI is InChI=1S/C13H18O4/c1-2-16-11(15)12-6-3-4-7-13(12)9(5-8-12)10(14)17-13/h9H,2-8H2,1H3/t9-,12+,13+/m0/s1. The molecule has 2 saturated carbocycles. The van der Waals surface area contributed by atoms with E-state index in [1.165, 1.54) is 0 Å². The Balaban J connectivity index is 1.96. The molecular formula is C13H18O4. The summed E-state index contributed by atoms with van der Waals surface area (Å²) in [6.45, 7) is 2.22. The molecule has 3 atom stereocenters. The van der Waals surface area contributed by atoms with Gasteiger partial charge in [0.25, 0.3) is 0 Å². The number of rotatable bonds is 2. The van der Waals surface area contributed by atoms with Gasteiger partial charge in [-0.05, 0) is 39.0 Å². The van der Waals surface area contributed by atoms with E-state index in [9.17, 15) is 9.59 Å². The van der Waals surface area contributed by atoms with Crippen molar-refractivity contribution in [1.29, 1.82) is 0 Å². The van der Waals surface area contributed by atoms with Crippen LogP contribution in [0.3, 0.4) is 0 Å². The Morgan fingerprint density at radius 3 is 2.88 bits per heavy atom. The molecule has 0 aromatic heterocycles. The second-order valence-electron chi connectivity index (χ2n) is 5.41. The summed E-state index contributed by atoms with van der Waals surface area (Å²) in [5.74, 6) is -0.306. The molecule has 3 fully saturated rings. The van der Waals surface area contributed by atoms with E-state index in [2.05, 4.69) is 0 Å². The number of carbonyl (C=O) groups excluding carboxylic acids is 2. The summed E-state index contributed by atoms with van der Waals surface area (Å²) in [6.07, 6.45) is 5.27. The van der Waals surface area contributed by atoms with E-state index < -0.39 is 11.0 Å². The van der Waals surface area contributed by atoms with Crippen molar-refractivity contribution in [2.24, 2.45) is 11.3 Å². The second kappa shape index (κ2) is 3.47. The van der Waals surface area contributed by atoms with Crippen molar-refractivity contribution in [2.75, 3.05) is 6.61 Å². The van der Waals surface area contributed by atoms with Crippen LogP contribution in [0.15, 0.2) is 0 Å². The Morgan fingerprint density at radius 1 is 1.41 bits per heavy atom. The van der Waals surface area contributed by atoms with E-state index in [1.807, 2.05) is 6.92 Å². The highest BCUT2D eigenvalue weighted by Gasteiger charge is 2.75. The summed E-state index contributed by atoms with van der Waals surface area (Å²) < 4.78 is 10.7. The predicted octanol–water partition coefficient (Wildman–Crippen LogP) is 1.82. The molecular weight excluding hydrogens is 220 g/mol. The lowest BCUT2D eigenvalue weighted by molar-refractivity contribution is -0.241. The molecule has 4 nitrogen and oxygen atoms in total. The fourth-order valence-corrected chi connectivity index (χ4v) is 4.10. The first-order valence-electron chi connectivity index (χ1n) is 6.56. The van der Waals surface area contributed by atoms with Gasteiger partial charge in [0.1, 0.15) is 11.0 Å². The van der Waals surface area contributed by atoms with Crippen LogP contribution in [0.4, 0.5) is 0 Å². The monoisotopic (exact) mass is 238 g/mol. The van der Waals surface area contributed by atoms with E-state index in [4.69, 9.17) is 9.47 Å². The molecule has 1 spiro atoms. The Labute approximate surface area is 101 Å². The van der Waals surface area contributed by atoms with Gasteiger partial charge in [0, 0.05) is 0 Å². The summed E-state index contributed by atoms with van der Waals surface area (Å²) in [4.78, 5) is 23.8. The molecule has 0 amide bonds. The lowest BCUT2D eigenvalue weighted by Gasteiger charge is -2.54. The van der Waals surface area contributed by atoms with Crippen LogP contribution >= 0.6 is 0 Å². The molecule has 4 heteroatoms. The summed E-state index contributed by atoms with van der Waals surface area (Å²) in [6, 6.07) is 0. The quantitative estimate of drug-likeness (QED) is 0.688. The summed E-state index contributed by atoms with van der Waals surface area (Å²) in [5, 5.41) is 0. The van der Waals surface area contributed by atoms with E-state index in [0.717, 1.165) is 38.5 Å². The molecule has 1 aliphatic heterocycles. The molecule has 2 aliphatic carbocycles. The van der Waals surface area contributed by atoms with Gasteiger partial charge < -0.3 is 9.47 Å². The zero-order valence-electron chi connectivity index (χ0n) is 10.2. The molecule has 1 heterocycles. The first kappa shape index (κ1) is 11.1. The third kappa shape index (κ3) is 1.14. The maximum absolute atomic E-state index is 12.3. The Kier molecular flexibility index (Phi) is 2.25. The molecule has 17 heavy (non-hydrogen) atoms. The third-order valence-corrected chi connectivity index (χ3v) is 4.87. The number of esters is 2. The minimum atomic E-state index is -0.528. The highest BCUT2D eigenvalue weighted by molar-refractivity contribution is 5.89. The van der Waals surface area contributed by atoms with Gasteiger partial charge in [-0.3, -0.25) is 9.59 Å². The lowest BCUT2D eigenvalue weighted by atomic mass is 9.60. The molecule has 1 saturated heterocycles. The molecule has 0 bridgehead atoms. The zero-order valence-corrected chi connectivity index (χ0v) is 10.2. The average molecular weight is 238 g/mol. The van der Waals surface area contributed by atoms with Crippen molar-refractivity contribution >= 4 is 11.9 Å². The maximum Gasteiger partial charge on any atom is 0.316 e. The largest absolute Gasteiger partial charge is 0.465 e. The molecule has 0 N–H and O–H groups in total. The van der Waals surface area contributed by atoms with Gasteiger partial charge in [0.15, 0.2) is 0 Å². The summed E-state index contributed by atoms with van der Waals surface area (Å²) in [5.41, 5.74) is -1.03. The van der Waals surface area contributed by atoms with Gasteiger partial charge in [-0.15, -0.1) is 0 Å². The van der Waals surface area contributed by atoms with E-state index in [1.54, 1.807) is 0 Å². The first-order valence-corrected chi connectivity index (χ1v) is 6.56. The van der Waals surface area contributed by atoms with E-state index in [-0.39, 0.29) is 17.9 Å². The van der Waals surface area contributed by atoms with Gasteiger partial charge >= 0.3 is 11.9 Å². The van der Waals surface area contributed by atoms with Crippen LogP contribution < -0.4 is 0 Å². The lowest BCUT2D eigenvalue weighted by Crippen LogP contribution is -2.66. The molecule has 0 aromatic carbocycles. The van der Waals surface area contributed by atoms with Gasteiger partial charge in [0.05, 0.1) is 12.5 Å².